The van der Waals surface area contributed by atoms with Crippen LogP contribution in [0.25, 0.3) is 0 Å². The molecule has 0 radical (unpaired) electrons. The van der Waals surface area contributed by atoms with Gasteiger partial charge in [-0.05, 0) is 13.8 Å². The molecule has 2 N–H and O–H groups in total. The Balaban J connectivity index is 4.35. The number of rotatable bonds is 14. The first-order valence-electron chi connectivity index (χ1n) is 7.87. The Hall–Kier alpha value is -1.32. The van der Waals surface area contributed by atoms with Crippen LogP contribution in [0.15, 0.2) is 24.3 Å². The zero-order chi connectivity index (χ0) is 20.8. The summed E-state index contributed by atoms with van der Waals surface area (Å²) in [7, 11) is -9.72. The molecule has 0 atom stereocenters. The van der Waals surface area contributed by atoms with E-state index in [9.17, 15) is 18.7 Å². The van der Waals surface area contributed by atoms with Crippen molar-refractivity contribution in [3.05, 3.63) is 24.3 Å². The lowest BCUT2D eigenvalue weighted by atomic mass is 10.5. The van der Waals surface area contributed by atoms with Gasteiger partial charge in [0.25, 0.3) is 0 Å². The van der Waals surface area contributed by atoms with Crippen molar-refractivity contribution in [2.45, 2.75) is 26.7 Å². The third kappa shape index (κ3) is 15.4. The molecule has 0 bridgehead atoms. The molecule has 11 nitrogen and oxygen atoms in total. The molecule has 0 aromatic heterocycles. The fraction of sp³-hybridized carbons (Fsp3) is 0.571. The molecule has 27 heavy (non-hydrogen) atoms. The second-order valence-electron chi connectivity index (χ2n) is 4.73. The van der Waals surface area contributed by atoms with Crippen LogP contribution in [0.3, 0.4) is 0 Å². The highest BCUT2D eigenvalue weighted by Gasteiger charge is 2.35. The second kappa shape index (κ2) is 13.8. The lowest BCUT2D eigenvalue weighted by Gasteiger charge is -2.18. The van der Waals surface area contributed by atoms with Gasteiger partial charge in [-0.2, -0.15) is 4.31 Å². The summed E-state index contributed by atoms with van der Waals surface area (Å²) in [6, 6.07) is 0. The maximum Gasteiger partial charge on any atom is 0.483 e. The van der Waals surface area contributed by atoms with Gasteiger partial charge in [0, 0.05) is 25.0 Å². The van der Waals surface area contributed by atoms with E-state index in [-0.39, 0.29) is 39.3 Å². The van der Waals surface area contributed by atoms with Crippen molar-refractivity contribution in [2.75, 3.05) is 26.4 Å². The lowest BCUT2D eigenvalue weighted by Crippen LogP contribution is -2.08. The Kier molecular flexibility index (Phi) is 13.1. The summed E-state index contributed by atoms with van der Waals surface area (Å²) in [5.41, 5.74) is 0. The van der Waals surface area contributed by atoms with E-state index in [0.29, 0.717) is 0 Å². The third-order valence-electron chi connectivity index (χ3n) is 2.38. The van der Waals surface area contributed by atoms with Gasteiger partial charge >= 0.3 is 27.6 Å². The van der Waals surface area contributed by atoms with Crippen LogP contribution in [0.5, 0.6) is 0 Å². The van der Waals surface area contributed by atoms with E-state index in [1.165, 1.54) is 24.3 Å². The van der Waals surface area contributed by atoms with E-state index in [2.05, 4.69) is 4.31 Å². The quantitative estimate of drug-likeness (QED) is 0.180. The van der Waals surface area contributed by atoms with Crippen molar-refractivity contribution in [1.82, 2.24) is 0 Å². The van der Waals surface area contributed by atoms with Crippen LogP contribution in [0.4, 0.5) is 0 Å². The Morgan fingerprint density at radius 2 is 1.22 bits per heavy atom. The molecule has 0 heterocycles. The van der Waals surface area contributed by atoms with Gasteiger partial charge in [0.1, 0.15) is 0 Å². The highest BCUT2D eigenvalue weighted by Crippen LogP contribution is 2.61. The summed E-state index contributed by atoms with van der Waals surface area (Å²) in [5.74, 6) is -1.15. The minimum atomic E-state index is -5.15. The molecule has 0 aliphatic heterocycles. The number of phosphoric ester groups is 1. The van der Waals surface area contributed by atoms with Crippen LogP contribution in [0, 0.1) is 0 Å². The van der Waals surface area contributed by atoms with Gasteiger partial charge in [-0.3, -0.25) is 9.05 Å². The maximum absolute atomic E-state index is 12.2. The largest absolute Gasteiger partial charge is 0.483 e. The van der Waals surface area contributed by atoms with Crippen molar-refractivity contribution in [1.29, 1.82) is 0 Å². The molecule has 0 saturated carbocycles. The second-order valence-corrected chi connectivity index (χ2v) is 7.77. The fourth-order valence-electron chi connectivity index (χ4n) is 1.40. The normalized spacial score (nSPS) is 14.4. The Labute approximate surface area is 157 Å². The first kappa shape index (κ1) is 25.7. The van der Waals surface area contributed by atoms with Crippen LogP contribution < -0.4 is 0 Å². The van der Waals surface area contributed by atoms with Crippen molar-refractivity contribution < 1.29 is 51.3 Å². The molecule has 0 unspecified atom stereocenters. The minimum absolute atomic E-state index is 0.0695. The van der Waals surface area contributed by atoms with Crippen LogP contribution >= 0.6 is 15.6 Å². The van der Waals surface area contributed by atoms with Crippen molar-refractivity contribution >= 4 is 27.6 Å². The van der Waals surface area contributed by atoms with E-state index in [4.69, 9.17) is 28.3 Å². The van der Waals surface area contributed by atoms with Crippen LogP contribution in [-0.2, 0) is 41.6 Å². The number of carbonyl (C=O) groups is 2. The molecule has 13 heteroatoms. The molecule has 0 fully saturated rings. The molecule has 0 aromatic rings. The molecule has 0 aromatic carbocycles. The summed E-state index contributed by atoms with van der Waals surface area (Å²) >= 11 is 0. The summed E-state index contributed by atoms with van der Waals surface area (Å²) in [6.07, 6.45) is 5.56. The van der Waals surface area contributed by atoms with E-state index >= 15 is 0 Å². The highest BCUT2D eigenvalue weighted by molar-refractivity contribution is 7.61. The molecule has 0 aliphatic rings. The number of allylic oxidation sites excluding steroid dienone is 2. The van der Waals surface area contributed by atoms with Gasteiger partial charge in [0.2, 0.25) is 0 Å². The SMILES string of the molecule is CC=CC(=O)OCCCOP(=O)(OCCCOC(=O)C=CC)OP(=O)(O)O. The lowest BCUT2D eigenvalue weighted by molar-refractivity contribution is -0.138. The van der Waals surface area contributed by atoms with Crippen LogP contribution in [0.1, 0.15) is 26.7 Å². The minimum Gasteiger partial charge on any atom is -0.462 e. The summed E-state index contributed by atoms with van der Waals surface area (Å²) in [6.45, 7) is 2.52. The maximum atomic E-state index is 12.2. The summed E-state index contributed by atoms with van der Waals surface area (Å²) < 4.78 is 46.4. The Bertz CT molecular complexity index is 570. The number of phosphoric acid groups is 2. The fourth-order valence-corrected chi connectivity index (χ4v) is 3.60. The smallest absolute Gasteiger partial charge is 0.462 e. The van der Waals surface area contributed by atoms with Gasteiger partial charge < -0.3 is 19.3 Å². The van der Waals surface area contributed by atoms with E-state index in [1.807, 2.05) is 0 Å². The molecule has 0 saturated heterocycles. The first-order valence-corrected chi connectivity index (χ1v) is 10.9. The number of hydrogen-bond donors (Lipinski definition) is 2. The van der Waals surface area contributed by atoms with Gasteiger partial charge in [-0.1, -0.05) is 12.2 Å². The average Bonchev–Trinajstić information content (AvgIpc) is 2.53. The van der Waals surface area contributed by atoms with Crippen LogP contribution in [-0.4, -0.2) is 48.2 Å². The molecule has 0 rings (SSSR count). The topological polar surface area (TPSA) is 155 Å². The number of hydrogen-bond acceptors (Lipinski definition) is 9. The first-order chi connectivity index (χ1) is 12.6. The standard InChI is InChI=1S/C14H24O11P2/c1-3-7-13(15)21-9-5-11-23-27(20,25-26(17,18)19)24-12-6-10-22-14(16)8-4-2/h3-4,7-8H,5-6,9-12H2,1-2H3,(H2,17,18,19). The highest BCUT2D eigenvalue weighted by atomic mass is 31.3. The van der Waals surface area contributed by atoms with Gasteiger partial charge in [0.05, 0.1) is 26.4 Å². The van der Waals surface area contributed by atoms with E-state index < -0.39 is 27.6 Å². The van der Waals surface area contributed by atoms with Crippen molar-refractivity contribution in [3.8, 4) is 0 Å². The van der Waals surface area contributed by atoms with E-state index in [1.54, 1.807) is 13.8 Å². The monoisotopic (exact) mass is 430 g/mol. The molecule has 0 amide bonds. The van der Waals surface area contributed by atoms with Gasteiger partial charge in [-0.25, -0.2) is 18.7 Å². The summed E-state index contributed by atoms with van der Waals surface area (Å²) in [5, 5.41) is 0. The predicted molar refractivity (Wildman–Crippen MR) is 93.4 cm³/mol. The third-order valence-corrected chi connectivity index (χ3v) is 5.03. The zero-order valence-electron chi connectivity index (χ0n) is 15.0. The zero-order valence-corrected chi connectivity index (χ0v) is 16.8. The Morgan fingerprint density at radius 1 is 0.815 bits per heavy atom. The number of esters is 2. The molecular weight excluding hydrogens is 406 g/mol. The number of ether oxygens (including phenoxy) is 2. The number of carbonyl (C=O) groups excluding carboxylic acids is 2. The molecule has 156 valence electrons. The van der Waals surface area contributed by atoms with Crippen molar-refractivity contribution in [3.63, 3.8) is 0 Å². The molecular formula is C14H24O11P2. The Morgan fingerprint density at radius 3 is 1.56 bits per heavy atom. The van der Waals surface area contributed by atoms with Gasteiger partial charge in [0.15, 0.2) is 0 Å². The van der Waals surface area contributed by atoms with Crippen LogP contribution in [0.2, 0.25) is 0 Å². The van der Waals surface area contributed by atoms with Crippen molar-refractivity contribution in [2.24, 2.45) is 0 Å². The van der Waals surface area contributed by atoms with Gasteiger partial charge in [-0.15, -0.1) is 0 Å². The average molecular weight is 430 g/mol. The molecule has 0 spiro atoms. The predicted octanol–water partition coefficient (Wildman–Crippen LogP) is 2.26. The molecule has 0 aliphatic carbocycles. The van der Waals surface area contributed by atoms with E-state index in [0.717, 1.165) is 0 Å². The summed E-state index contributed by atoms with van der Waals surface area (Å²) in [4.78, 5) is 39.8.